The van der Waals surface area contributed by atoms with Crippen LogP contribution in [0, 0.1) is 5.92 Å². The van der Waals surface area contributed by atoms with Crippen molar-refractivity contribution in [2.24, 2.45) is 5.92 Å². The Morgan fingerprint density at radius 3 is 2.69 bits per heavy atom. The summed E-state index contributed by atoms with van der Waals surface area (Å²) in [5.74, 6) is -0.0612. The monoisotopic (exact) mass is 362 g/mol. The zero-order valence-electron chi connectivity index (χ0n) is 17.0. The lowest BCUT2D eigenvalue weighted by Gasteiger charge is -2.22. The van der Waals surface area contributed by atoms with Gasteiger partial charge in [0, 0.05) is 6.92 Å². The molecule has 1 N–H and O–H groups in total. The first-order chi connectivity index (χ1) is 12.0. The van der Waals surface area contributed by atoms with Crippen LogP contribution in [0.4, 0.5) is 0 Å². The number of hydrogen-bond acceptors (Lipinski definition) is 4. The van der Waals surface area contributed by atoms with Gasteiger partial charge in [0.15, 0.2) is 6.10 Å². The summed E-state index contributed by atoms with van der Waals surface area (Å²) in [5, 5.41) is 10.6. The van der Waals surface area contributed by atoms with Gasteiger partial charge in [0.1, 0.15) is 5.60 Å². The molecule has 0 unspecified atom stereocenters. The fourth-order valence-corrected chi connectivity index (χ4v) is 3.41. The van der Waals surface area contributed by atoms with Crippen molar-refractivity contribution < 1.29 is 19.4 Å². The zero-order valence-corrected chi connectivity index (χ0v) is 17.0. The predicted molar refractivity (Wildman–Crippen MR) is 104 cm³/mol. The molecule has 0 amide bonds. The molecule has 2 aliphatic rings. The van der Waals surface area contributed by atoms with E-state index >= 15 is 0 Å². The fraction of sp³-hybridized carbons (Fsp3) is 0.682. The van der Waals surface area contributed by atoms with Gasteiger partial charge in [-0.2, -0.15) is 0 Å². The van der Waals surface area contributed by atoms with Crippen LogP contribution in [0.25, 0.3) is 0 Å². The number of hydrogen-bond donors (Lipinski definition) is 1. The molecule has 0 aromatic carbocycles. The fourth-order valence-electron chi connectivity index (χ4n) is 3.41. The van der Waals surface area contributed by atoms with Crippen LogP contribution >= 0.6 is 0 Å². The minimum atomic E-state index is -0.867. The van der Waals surface area contributed by atoms with Crippen molar-refractivity contribution in [3.63, 3.8) is 0 Å². The lowest BCUT2D eigenvalue weighted by atomic mass is 9.90. The van der Waals surface area contributed by atoms with Crippen molar-refractivity contribution >= 4 is 5.97 Å². The van der Waals surface area contributed by atoms with Crippen LogP contribution in [-0.4, -0.2) is 34.5 Å². The summed E-state index contributed by atoms with van der Waals surface area (Å²) >= 11 is 0. The molecule has 4 heteroatoms. The van der Waals surface area contributed by atoms with Crippen molar-refractivity contribution in [3.05, 3.63) is 35.5 Å². The van der Waals surface area contributed by atoms with Crippen LogP contribution in [-0.2, 0) is 14.3 Å². The van der Waals surface area contributed by atoms with Crippen LogP contribution in [0.2, 0.25) is 0 Å². The second kappa shape index (κ2) is 8.10. The average Bonchev–Trinajstić information content (AvgIpc) is 3.18. The maximum atomic E-state index is 11.7. The second-order valence-electron chi connectivity index (χ2n) is 8.46. The van der Waals surface area contributed by atoms with Crippen LogP contribution in [0.15, 0.2) is 35.5 Å². The molecule has 0 radical (unpaired) electrons. The van der Waals surface area contributed by atoms with E-state index in [1.54, 1.807) is 0 Å². The summed E-state index contributed by atoms with van der Waals surface area (Å²) in [6, 6.07) is 0. The SMILES string of the molecule is CC(=O)O[C@H]1/C=C(/C(C)C)C=C[C@@](C)(O)CC/C=C(/C)CC[C@@H]2O[C@@]12C. The van der Waals surface area contributed by atoms with E-state index in [1.807, 2.05) is 32.1 Å². The van der Waals surface area contributed by atoms with Gasteiger partial charge in [-0.15, -0.1) is 0 Å². The molecule has 1 aliphatic carbocycles. The standard InChI is InChI=1S/C22H34O4/c1-15(2)18-11-13-21(5,24)12-7-8-16(3)9-10-19-22(6,26-19)20(14-18)25-17(4)23/h8,11,13-15,19-20,24H,7,9-10,12H2,1-6H3/b13-11?,16-8-,18-14+/t19-,20-,21-,22+/m0/s1. The zero-order chi connectivity index (χ0) is 19.5. The maximum Gasteiger partial charge on any atom is 0.303 e. The van der Waals surface area contributed by atoms with E-state index in [0.717, 1.165) is 24.8 Å². The van der Waals surface area contributed by atoms with E-state index in [-0.39, 0.29) is 18.0 Å². The third kappa shape index (κ3) is 5.55. The van der Waals surface area contributed by atoms with Crippen LogP contribution in [0.3, 0.4) is 0 Å². The quantitative estimate of drug-likeness (QED) is 0.447. The van der Waals surface area contributed by atoms with Crippen LogP contribution in [0.5, 0.6) is 0 Å². The topological polar surface area (TPSA) is 59.1 Å². The van der Waals surface area contributed by atoms with Crippen LogP contribution < -0.4 is 0 Å². The van der Waals surface area contributed by atoms with E-state index in [2.05, 4.69) is 26.8 Å². The molecule has 0 spiro atoms. The summed E-state index contributed by atoms with van der Waals surface area (Å²) in [5.41, 5.74) is 0.999. The first-order valence-electron chi connectivity index (χ1n) is 9.67. The summed E-state index contributed by atoms with van der Waals surface area (Å²) in [7, 11) is 0. The van der Waals surface area contributed by atoms with Gasteiger partial charge in [-0.05, 0) is 64.0 Å². The maximum absolute atomic E-state index is 11.7. The van der Waals surface area contributed by atoms with Gasteiger partial charge in [-0.1, -0.05) is 37.6 Å². The number of rotatable bonds is 2. The third-order valence-corrected chi connectivity index (χ3v) is 5.43. The molecule has 4 nitrogen and oxygen atoms in total. The highest BCUT2D eigenvalue weighted by Crippen LogP contribution is 2.45. The number of epoxide rings is 1. The molecule has 0 saturated carbocycles. The van der Waals surface area contributed by atoms with Gasteiger partial charge >= 0.3 is 5.97 Å². The molecule has 1 aliphatic heterocycles. The van der Waals surface area contributed by atoms with Gasteiger partial charge in [0.2, 0.25) is 0 Å². The van der Waals surface area contributed by atoms with Crippen molar-refractivity contribution in [3.8, 4) is 0 Å². The Labute approximate surface area is 158 Å². The van der Waals surface area contributed by atoms with Gasteiger partial charge in [0.05, 0.1) is 11.7 Å². The highest BCUT2D eigenvalue weighted by atomic mass is 16.6. The smallest absolute Gasteiger partial charge is 0.303 e. The third-order valence-electron chi connectivity index (χ3n) is 5.43. The summed E-state index contributed by atoms with van der Waals surface area (Å²) in [6.45, 7) is 11.6. The highest BCUT2D eigenvalue weighted by Gasteiger charge is 2.58. The molecule has 1 fully saturated rings. The molecule has 146 valence electrons. The number of fused-ring (bicyclic) bond motifs is 1. The van der Waals surface area contributed by atoms with Gasteiger partial charge in [0.25, 0.3) is 0 Å². The number of carbonyl (C=O) groups is 1. The number of allylic oxidation sites excluding steroid dienone is 4. The largest absolute Gasteiger partial charge is 0.455 e. The van der Waals surface area contributed by atoms with Crippen molar-refractivity contribution in [1.82, 2.24) is 0 Å². The molecule has 1 saturated heterocycles. The Kier molecular flexibility index (Phi) is 6.51. The summed E-state index contributed by atoms with van der Waals surface area (Å²) in [6.07, 6.45) is 11.1. The summed E-state index contributed by atoms with van der Waals surface area (Å²) < 4.78 is 11.6. The molecular formula is C22H34O4. The van der Waals surface area contributed by atoms with E-state index in [9.17, 15) is 9.90 Å². The van der Waals surface area contributed by atoms with Crippen LogP contribution in [0.1, 0.15) is 67.2 Å². The molecule has 26 heavy (non-hydrogen) atoms. The van der Waals surface area contributed by atoms with E-state index < -0.39 is 17.3 Å². The lowest BCUT2D eigenvalue weighted by molar-refractivity contribution is -0.146. The lowest BCUT2D eigenvalue weighted by Crippen LogP contribution is -2.32. The average molecular weight is 363 g/mol. The molecular weight excluding hydrogens is 328 g/mol. The molecule has 2 rings (SSSR count). The van der Waals surface area contributed by atoms with Gasteiger partial charge in [-0.25, -0.2) is 0 Å². The molecule has 0 bridgehead atoms. The number of esters is 1. The Balaban J connectivity index is 2.38. The number of carbonyl (C=O) groups excluding carboxylic acids is 1. The van der Waals surface area contributed by atoms with E-state index in [4.69, 9.17) is 9.47 Å². The first kappa shape index (κ1) is 20.9. The Morgan fingerprint density at radius 2 is 2.08 bits per heavy atom. The Hall–Kier alpha value is -1.39. The van der Waals surface area contributed by atoms with Crippen molar-refractivity contribution in [2.45, 2.75) is 90.6 Å². The number of ether oxygens (including phenoxy) is 2. The molecule has 0 aromatic heterocycles. The Morgan fingerprint density at radius 1 is 1.38 bits per heavy atom. The predicted octanol–water partition coefficient (Wildman–Crippen LogP) is 4.49. The molecule has 1 heterocycles. The Bertz CT molecular complexity index is 612. The van der Waals surface area contributed by atoms with Gasteiger partial charge < -0.3 is 14.6 Å². The van der Waals surface area contributed by atoms with E-state index in [0.29, 0.717) is 6.42 Å². The van der Waals surface area contributed by atoms with Gasteiger partial charge in [-0.3, -0.25) is 4.79 Å². The normalized spacial score (nSPS) is 39.8. The second-order valence-corrected chi connectivity index (χ2v) is 8.46. The highest BCUT2D eigenvalue weighted by molar-refractivity contribution is 5.66. The van der Waals surface area contributed by atoms with Crippen molar-refractivity contribution in [1.29, 1.82) is 0 Å². The number of aliphatic hydroxyl groups is 1. The minimum Gasteiger partial charge on any atom is -0.455 e. The molecule has 4 atom stereocenters. The first-order valence-corrected chi connectivity index (χ1v) is 9.67. The minimum absolute atomic E-state index is 0.0925. The molecule has 0 aromatic rings. The van der Waals surface area contributed by atoms with E-state index in [1.165, 1.54) is 12.5 Å². The summed E-state index contributed by atoms with van der Waals surface area (Å²) in [4.78, 5) is 11.7. The van der Waals surface area contributed by atoms with Crippen molar-refractivity contribution in [2.75, 3.05) is 0 Å².